The van der Waals surface area contributed by atoms with E-state index >= 15 is 8.78 Å². The van der Waals surface area contributed by atoms with Gasteiger partial charge in [0, 0.05) is 41.3 Å². The third-order valence-corrected chi connectivity index (χ3v) is 8.45. The summed E-state index contributed by atoms with van der Waals surface area (Å²) in [5.74, 6) is -9.38. The summed E-state index contributed by atoms with van der Waals surface area (Å²) >= 11 is 7.37. The maximum Gasteiger partial charge on any atom is 0.338 e. The van der Waals surface area contributed by atoms with Crippen LogP contribution in [0.3, 0.4) is 0 Å². The minimum atomic E-state index is -3.41. The zero-order valence-corrected chi connectivity index (χ0v) is 22.4. The van der Waals surface area contributed by atoms with E-state index in [1.54, 1.807) is 5.38 Å². The van der Waals surface area contributed by atoms with E-state index in [0.29, 0.717) is 5.01 Å². The van der Waals surface area contributed by atoms with Crippen molar-refractivity contribution in [3.8, 4) is 0 Å². The number of benzene rings is 1. The maximum absolute atomic E-state index is 15.6. The fourth-order valence-corrected chi connectivity index (χ4v) is 6.25. The molecule has 2 saturated heterocycles. The summed E-state index contributed by atoms with van der Waals surface area (Å²) in [4.78, 5) is 34.7. The minimum Gasteiger partial charge on any atom is -0.481 e. The molecule has 0 saturated carbocycles. The van der Waals surface area contributed by atoms with E-state index in [4.69, 9.17) is 21.1 Å². The first-order chi connectivity index (χ1) is 19.0. The van der Waals surface area contributed by atoms with E-state index in [1.807, 2.05) is 0 Å². The number of aliphatic carboxylic acids is 1. The van der Waals surface area contributed by atoms with Gasteiger partial charge in [0.1, 0.15) is 6.04 Å². The van der Waals surface area contributed by atoms with Crippen molar-refractivity contribution in [3.05, 3.63) is 62.2 Å². The summed E-state index contributed by atoms with van der Waals surface area (Å²) in [6.45, 7) is -0.512. The monoisotopic (exact) mass is 602 g/mol. The molecule has 4 atom stereocenters. The van der Waals surface area contributed by atoms with E-state index in [9.17, 15) is 23.5 Å². The second-order valence-corrected chi connectivity index (χ2v) is 10.8. The van der Waals surface area contributed by atoms with Crippen molar-refractivity contribution in [2.75, 3.05) is 26.9 Å². The van der Waals surface area contributed by atoms with E-state index in [2.05, 4.69) is 15.3 Å². The van der Waals surface area contributed by atoms with E-state index in [1.165, 1.54) is 28.5 Å². The molecule has 1 aromatic heterocycles. The lowest BCUT2D eigenvalue weighted by Crippen LogP contribution is -2.67. The molecule has 0 radical (unpaired) electrons. The third-order valence-electron chi connectivity index (χ3n) is 7.29. The lowest BCUT2D eigenvalue weighted by atomic mass is 9.79. The molecule has 5 rings (SSSR count). The number of ether oxygens (including phenoxy) is 2. The number of alkyl halides is 2. The highest BCUT2D eigenvalue weighted by Gasteiger charge is 2.58. The Kier molecular flexibility index (Phi) is 7.88. The number of nitrogens with one attached hydrogen (secondary N) is 1. The summed E-state index contributed by atoms with van der Waals surface area (Å²) < 4.78 is 70.0. The molecule has 0 amide bonds. The van der Waals surface area contributed by atoms with Crippen LogP contribution in [0.5, 0.6) is 0 Å². The Morgan fingerprint density at radius 2 is 2.10 bits per heavy atom. The Balaban J connectivity index is 1.61. The van der Waals surface area contributed by atoms with Gasteiger partial charge < -0.3 is 19.9 Å². The van der Waals surface area contributed by atoms with Crippen molar-refractivity contribution in [1.29, 1.82) is 0 Å². The standard InChI is InChI=1S/C25H23ClF4N4O5S/c1-38-24(37)18-15(8-34-12-6-11(7-17(35)36)25(29,30)16(34)10-39-9-12)32-22(23-31-4-5-40-23)33-21(18)13-2-3-14(27)20(28)19(13)26/h2-5,11-12,16,21H,6-10H2,1H3,(H,32,33)(H,35,36)/t11-,12+,16-,21+/m1/s1. The minimum absolute atomic E-state index is 0.0388. The number of carbonyl (C=O) groups excluding carboxylic acids is 1. The molecular weight excluding hydrogens is 580 g/mol. The van der Waals surface area contributed by atoms with Crippen molar-refractivity contribution in [1.82, 2.24) is 15.2 Å². The number of hydrogen-bond donors (Lipinski definition) is 2. The average Bonchev–Trinajstić information content (AvgIpc) is 3.45. The number of fused-ring (bicyclic) bond motifs is 2. The van der Waals surface area contributed by atoms with Crippen LogP contribution in [0.1, 0.15) is 29.5 Å². The smallest absolute Gasteiger partial charge is 0.338 e. The number of carboxylic acid groups (broad SMARTS) is 1. The quantitative estimate of drug-likeness (QED) is 0.280. The highest BCUT2D eigenvalue weighted by molar-refractivity contribution is 7.11. The molecule has 0 spiro atoms. The molecule has 3 aliphatic heterocycles. The normalized spacial score (nSPS) is 26.2. The predicted molar refractivity (Wildman–Crippen MR) is 135 cm³/mol. The molecule has 0 aliphatic carbocycles. The number of esters is 1. The Hall–Kier alpha value is -3.07. The number of aromatic nitrogens is 1. The lowest BCUT2D eigenvalue weighted by Gasteiger charge is -2.52. The van der Waals surface area contributed by atoms with Gasteiger partial charge in [-0.2, -0.15) is 0 Å². The summed E-state index contributed by atoms with van der Waals surface area (Å²) in [5, 5.41) is 13.7. The number of piperidine rings is 1. The highest BCUT2D eigenvalue weighted by Crippen LogP contribution is 2.45. The third kappa shape index (κ3) is 5.08. The van der Waals surface area contributed by atoms with Gasteiger partial charge in [0.05, 0.1) is 43.4 Å². The highest BCUT2D eigenvalue weighted by atomic mass is 35.5. The number of thiazole rings is 1. The van der Waals surface area contributed by atoms with Crippen molar-refractivity contribution >= 4 is 40.7 Å². The van der Waals surface area contributed by atoms with Crippen molar-refractivity contribution in [2.24, 2.45) is 10.9 Å². The molecule has 0 unspecified atom stereocenters. The van der Waals surface area contributed by atoms with Gasteiger partial charge in [-0.3, -0.25) is 14.7 Å². The number of hydrogen-bond acceptors (Lipinski definition) is 9. The molecule has 40 heavy (non-hydrogen) atoms. The number of carbonyl (C=O) groups is 2. The zero-order chi connectivity index (χ0) is 28.8. The van der Waals surface area contributed by atoms with Gasteiger partial charge in [-0.25, -0.2) is 27.3 Å². The fraction of sp³-hybridized carbons (Fsp3) is 0.440. The number of amidine groups is 1. The number of aliphatic imine (C=N–C) groups is 1. The molecule has 3 aliphatic rings. The van der Waals surface area contributed by atoms with Gasteiger partial charge in [0.2, 0.25) is 0 Å². The molecule has 1 aromatic carbocycles. The summed E-state index contributed by atoms with van der Waals surface area (Å²) in [5.41, 5.74) is -0.0454. The first-order valence-electron chi connectivity index (χ1n) is 12.1. The second kappa shape index (κ2) is 11.1. The molecule has 2 N–H and O–H groups in total. The SMILES string of the molecule is COC(=O)C1=C(CN2[C@@H]3COC[C@@H]2C(F)(F)[C@@H](CC(=O)O)C3)NC(c2nccs2)=N[C@H]1c1ccc(F)c(F)c1Cl. The molecule has 2 aromatic rings. The number of halogens is 5. The van der Waals surface area contributed by atoms with Crippen LogP contribution in [0.4, 0.5) is 17.6 Å². The Labute approximate surface area is 234 Å². The number of nitrogens with zero attached hydrogens (tertiary/aromatic N) is 3. The Morgan fingerprint density at radius 1 is 1.32 bits per heavy atom. The average molecular weight is 603 g/mol. The first kappa shape index (κ1) is 28.5. The predicted octanol–water partition coefficient (Wildman–Crippen LogP) is 3.79. The van der Waals surface area contributed by atoms with Crippen molar-refractivity contribution < 1.29 is 41.7 Å². The molecule has 2 fully saturated rings. The topological polar surface area (TPSA) is 113 Å². The Bertz CT molecular complexity index is 1390. The largest absolute Gasteiger partial charge is 0.481 e. The van der Waals surface area contributed by atoms with E-state index < -0.39 is 65.0 Å². The molecule has 2 bridgehead atoms. The van der Waals surface area contributed by atoms with Crippen LogP contribution in [0.2, 0.25) is 5.02 Å². The molecule has 15 heteroatoms. The number of carboxylic acids is 1. The van der Waals surface area contributed by atoms with E-state index in [-0.39, 0.29) is 48.8 Å². The molecular formula is C25H23ClF4N4O5S. The number of methoxy groups -OCH3 is 1. The lowest BCUT2D eigenvalue weighted by molar-refractivity contribution is -0.219. The second-order valence-electron chi connectivity index (χ2n) is 9.58. The molecule has 9 nitrogen and oxygen atoms in total. The van der Waals surface area contributed by atoms with Gasteiger partial charge >= 0.3 is 11.9 Å². The van der Waals surface area contributed by atoms with Gasteiger partial charge in [0.25, 0.3) is 5.92 Å². The zero-order valence-electron chi connectivity index (χ0n) is 20.9. The van der Waals surface area contributed by atoms with Crippen LogP contribution >= 0.6 is 22.9 Å². The maximum atomic E-state index is 15.6. The van der Waals surface area contributed by atoms with Gasteiger partial charge in [-0.1, -0.05) is 17.7 Å². The Morgan fingerprint density at radius 3 is 2.77 bits per heavy atom. The van der Waals surface area contributed by atoms with Crippen LogP contribution in [0.25, 0.3) is 0 Å². The van der Waals surface area contributed by atoms with Crippen LogP contribution in [-0.2, 0) is 19.1 Å². The van der Waals surface area contributed by atoms with Crippen LogP contribution < -0.4 is 5.32 Å². The summed E-state index contributed by atoms with van der Waals surface area (Å²) in [6.07, 6.45) is 0.667. The van der Waals surface area contributed by atoms with Gasteiger partial charge in [-0.05, 0) is 12.5 Å². The van der Waals surface area contributed by atoms with E-state index in [0.717, 1.165) is 13.2 Å². The first-order valence-corrected chi connectivity index (χ1v) is 13.4. The van der Waals surface area contributed by atoms with Crippen LogP contribution in [0.15, 0.2) is 40.0 Å². The van der Waals surface area contributed by atoms with Crippen LogP contribution in [-0.4, -0.2) is 77.6 Å². The van der Waals surface area contributed by atoms with Gasteiger partial charge in [0.15, 0.2) is 22.5 Å². The van der Waals surface area contributed by atoms with Crippen molar-refractivity contribution in [3.63, 3.8) is 0 Å². The summed E-state index contributed by atoms with van der Waals surface area (Å²) in [7, 11) is 1.12. The van der Waals surface area contributed by atoms with Gasteiger partial charge in [-0.15, -0.1) is 11.3 Å². The number of morpholine rings is 1. The van der Waals surface area contributed by atoms with Crippen LogP contribution in [0, 0.1) is 17.6 Å². The number of rotatable bonds is 7. The fourth-order valence-electron chi connectivity index (χ4n) is 5.40. The molecule has 214 valence electrons. The summed E-state index contributed by atoms with van der Waals surface area (Å²) in [6, 6.07) is -1.31. The van der Waals surface area contributed by atoms with Crippen molar-refractivity contribution in [2.45, 2.75) is 36.9 Å². The molecule has 4 heterocycles.